The number of benzene rings is 1. The molecule has 0 atom stereocenters. The van der Waals surface area contributed by atoms with Crippen LogP contribution in [0, 0.1) is 6.92 Å². The molecule has 3 aromatic rings. The second-order valence-electron chi connectivity index (χ2n) is 5.98. The molecular formula is C18H19N5O3. The predicted molar refractivity (Wildman–Crippen MR) is 94.9 cm³/mol. The molecule has 0 aliphatic rings. The van der Waals surface area contributed by atoms with E-state index in [0.717, 1.165) is 5.56 Å². The largest absolute Gasteiger partial charge is 0.476 e. The average molecular weight is 353 g/mol. The van der Waals surface area contributed by atoms with Crippen molar-refractivity contribution in [2.45, 2.75) is 26.4 Å². The molecule has 2 aromatic heterocycles. The number of rotatable bonds is 7. The molecule has 2 heterocycles. The minimum absolute atomic E-state index is 0.0391. The van der Waals surface area contributed by atoms with Gasteiger partial charge in [0.05, 0.1) is 18.4 Å². The molecule has 26 heavy (non-hydrogen) atoms. The van der Waals surface area contributed by atoms with Crippen LogP contribution in [0.25, 0.3) is 0 Å². The van der Waals surface area contributed by atoms with Gasteiger partial charge >= 0.3 is 5.97 Å². The van der Waals surface area contributed by atoms with Crippen LogP contribution < -0.4 is 5.32 Å². The summed E-state index contributed by atoms with van der Waals surface area (Å²) in [6.45, 7) is 2.97. The molecule has 3 rings (SSSR count). The molecule has 1 amide bonds. The quantitative estimate of drug-likeness (QED) is 0.678. The lowest BCUT2D eigenvalue weighted by Crippen LogP contribution is -2.14. The maximum atomic E-state index is 12.0. The summed E-state index contributed by atoms with van der Waals surface area (Å²) in [5, 5.41) is 19.7. The fourth-order valence-corrected chi connectivity index (χ4v) is 2.44. The highest BCUT2D eigenvalue weighted by Crippen LogP contribution is 2.10. The number of carboxylic acids is 1. The Morgan fingerprint density at radius 3 is 2.62 bits per heavy atom. The second-order valence-corrected chi connectivity index (χ2v) is 5.98. The summed E-state index contributed by atoms with van der Waals surface area (Å²) in [5.74, 6) is -1.28. The summed E-state index contributed by atoms with van der Waals surface area (Å²) in [6.07, 6.45) is 5.09. The monoisotopic (exact) mass is 353 g/mol. The van der Waals surface area contributed by atoms with E-state index in [0.29, 0.717) is 18.8 Å². The molecule has 8 heteroatoms. The van der Waals surface area contributed by atoms with E-state index in [4.69, 9.17) is 5.11 Å². The standard InChI is InChI=1S/C18H19N5O3/c1-13-2-4-14(5-3-13)11-23-12-15(10-19-23)20-17(24)7-9-22-8-6-16(21-22)18(25)26/h2-6,8,10,12H,7,9,11H2,1H3,(H,20,24)(H,25,26). The number of amides is 1. The molecule has 0 bridgehead atoms. The average Bonchev–Trinajstić information content (AvgIpc) is 3.25. The van der Waals surface area contributed by atoms with Gasteiger partial charge in [0.2, 0.25) is 5.91 Å². The summed E-state index contributed by atoms with van der Waals surface area (Å²) in [5.41, 5.74) is 2.91. The van der Waals surface area contributed by atoms with Crippen molar-refractivity contribution in [1.29, 1.82) is 0 Å². The predicted octanol–water partition coefficient (Wildman–Crippen LogP) is 2.16. The molecule has 0 aliphatic carbocycles. The van der Waals surface area contributed by atoms with E-state index < -0.39 is 5.97 Å². The Morgan fingerprint density at radius 2 is 1.92 bits per heavy atom. The Labute approximate surface area is 150 Å². The number of carbonyl (C=O) groups is 2. The molecule has 0 saturated heterocycles. The lowest BCUT2D eigenvalue weighted by molar-refractivity contribution is -0.116. The van der Waals surface area contributed by atoms with E-state index in [1.165, 1.54) is 22.5 Å². The van der Waals surface area contributed by atoms with E-state index in [9.17, 15) is 9.59 Å². The van der Waals surface area contributed by atoms with Gasteiger partial charge in [0, 0.05) is 25.4 Å². The topological polar surface area (TPSA) is 102 Å². The summed E-state index contributed by atoms with van der Waals surface area (Å²) in [6, 6.07) is 9.59. The van der Waals surface area contributed by atoms with E-state index in [-0.39, 0.29) is 18.0 Å². The molecule has 0 spiro atoms. The number of aromatic nitrogens is 4. The second kappa shape index (κ2) is 7.64. The number of carboxylic acid groups (broad SMARTS) is 1. The van der Waals surface area contributed by atoms with E-state index in [2.05, 4.69) is 15.5 Å². The lowest BCUT2D eigenvalue weighted by Gasteiger charge is -2.04. The lowest BCUT2D eigenvalue weighted by atomic mass is 10.1. The van der Waals surface area contributed by atoms with Crippen molar-refractivity contribution in [3.05, 3.63) is 65.7 Å². The first kappa shape index (κ1) is 17.4. The van der Waals surface area contributed by atoms with Gasteiger partial charge in [-0.25, -0.2) is 4.79 Å². The number of hydrogen-bond acceptors (Lipinski definition) is 4. The fourth-order valence-electron chi connectivity index (χ4n) is 2.44. The Balaban J connectivity index is 1.50. The summed E-state index contributed by atoms with van der Waals surface area (Å²) >= 11 is 0. The molecule has 0 aliphatic heterocycles. The molecule has 8 nitrogen and oxygen atoms in total. The fraction of sp³-hybridized carbons (Fsp3) is 0.222. The molecular weight excluding hydrogens is 334 g/mol. The zero-order valence-electron chi connectivity index (χ0n) is 14.3. The van der Waals surface area contributed by atoms with E-state index in [1.807, 2.05) is 31.2 Å². The third-order valence-corrected chi connectivity index (χ3v) is 3.81. The van der Waals surface area contributed by atoms with Gasteiger partial charge in [-0.3, -0.25) is 14.2 Å². The highest BCUT2D eigenvalue weighted by Gasteiger charge is 2.09. The SMILES string of the molecule is Cc1ccc(Cn2cc(NC(=O)CCn3ccc(C(=O)O)n3)cn2)cc1. The van der Waals surface area contributed by atoms with Crippen molar-refractivity contribution in [1.82, 2.24) is 19.6 Å². The zero-order valence-corrected chi connectivity index (χ0v) is 14.3. The first-order valence-corrected chi connectivity index (χ1v) is 8.14. The zero-order chi connectivity index (χ0) is 18.5. The van der Waals surface area contributed by atoms with Crippen LogP contribution in [-0.4, -0.2) is 36.5 Å². The van der Waals surface area contributed by atoms with E-state index in [1.54, 1.807) is 17.1 Å². The minimum atomic E-state index is -1.09. The molecule has 0 unspecified atom stereocenters. The van der Waals surface area contributed by atoms with Crippen LogP contribution in [0.3, 0.4) is 0 Å². The smallest absolute Gasteiger partial charge is 0.356 e. The van der Waals surface area contributed by atoms with Gasteiger partial charge in [-0.05, 0) is 18.6 Å². The van der Waals surface area contributed by atoms with Gasteiger partial charge in [0.25, 0.3) is 0 Å². The van der Waals surface area contributed by atoms with E-state index >= 15 is 0 Å². The third-order valence-electron chi connectivity index (χ3n) is 3.81. The molecule has 0 saturated carbocycles. The van der Waals surface area contributed by atoms with Crippen molar-refractivity contribution in [3.63, 3.8) is 0 Å². The van der Waals surface area contributed by atoms with Crippen molar-refractivity contribution in [2.75, 3.05) is 5.32 Å². The van der Waals surface area contributed by atoms with Crippen LogP contribution in [-0.2, 0) is 17.9 Å². The maximum Gasteiger partial charge on any atom is 0.356 e. The van der Waals surface area contributed by atoms with Crippen LogP contribution in [0.4, 0.5) is 5.69 Å². The van der Waals surface area contributed by atoms with Gasteiger partial charge in [0.15, 0.2) is 5.69 Å². The van der Waals surface area contributed by atoms with Gasteiger partial charge in [-0.1, -0.05) is 29.8 Å². The highest BCUT2D eigenvalue weighted by molar-refractivity contribution is 5.90. The van der Waals surface area contributed by atoms with Crippen molar-refractivity contribution < 1.29 is 14.7 Å². The molecule has 0 fully saturated rings. The highest BCUT2D eigenvalue weighted by atomic mass is 16.4. The number of carbonyl (C=O) groups excluding carboxylic acids is 1. The summed E-state index contributed by atoms with van der Waals surface area (Å²) < 4.78 is 3.19. The van der Waals surface area contributed by atoms with Crippen molar-refractivity contribution >= 4 is 17.6 Å². The van der Waals surface area contributed by atoms with Crippen LogP contribution in [0.2, 0.25) is 0 Å². The van der Waals surface area contributed by atoms with Crippen LogP contribution >= 0.6 is 0 Å². The van der Waals surface area contributed by atoms with Gasteiger partial charge in [-0.15, -0.1) is 0 Å². The van der Waals surface area contributed by atoms with Gasteiger partial charge < -0.3 is 10.4 Å². The number of aryl methyl sites for hydroxylation is 2. The number of nitrogens with one attached hydrogen (secondary N) is 1. The van der Waals surface area contributed by atoms with Gasteiger partial charge in [0.1, 0.15) is 0 Å². The Bertz CT molecular complexity index is 911. The number of hydrogen-bond donors (Lipinski definition) is 2. The Hall–Kier alpha value is -3.42. The maximum absolute atomic E-state index is 12.0. The van der Waals surface area contributed by atoms with Crippen LogP contribution in [0.15, 0.2) is 48.9 Å². The van der Waals surface area contributed by atoms with Gasteiger partial charge in [-0.2, -0.15) is 10.2 Å². The summed E-state index contributed by atoms with van der Waals surface area (Å²) in [7, 11) is 0. The van der Waals surface area contributed by atoms with Crippen LogP contribution in [0.1, 0.15) is 28.0 Å². The molecule has 2 N–H and O–H groups in total. The first-order chi connectivity index (χ1) is 12.5. The number of anilines is 1. The normalized spacial score (nSPS) is 10.7. The number of aromatic carboxylic acids is 1. The first-order valence-electron chi connectivity index (χ1n) is 8.14. The molecule has 0 radical (unpaired) electrons. The van der Waals surface area contributed by atoms with Crippen molar-refractivity contribution in [3.8, 4) is 0 Å². The summed E-state index contributed by atoms with van der Waals surface area (Å²) in [4.78, 5) is 22.8. The van der Waals surface area contributed by atoms with Crippen molar-refractivity contribution in [2.24, 2.45) is 0 Å². The Kier molecular flexibility index (Phi) is 5.12. The third kappa shape index (κ3) is 4.56. The number of nitrogens with zero attached hydrogens (tertiary/aromatic N) is 4. The Morgan fingerprint density at radius 1 is 1.15 bits per heavy atom. The molecule has 1 aromatic carbocycles. The van der Waals surface area contributed by atoms with Crippen LogP contribution in [0.5, 0.6) is 0 Å². The molecule has 134 valence electrons. The minimum Gasteiger partial charge on any atom is -0.476 e.